The lowest BCUT2D eigenvalue weighted by molar-refractivity contribution is -0.384. The van der Waals surface area contributed by atoms with Crippen LogP contribution >= 0.6 is 0 Å². The van der Waals surface area contributed by atoms with Crippen LogP contribution in [0.2, 0.25) is 0 Å². The fourth-order valence-corrected chi connectivity index (χ4v) is 1.40. The smallest absolute Gasteiger partial charge is 0.324 e. The first-order chi connectivity index (χ1) is 9.62. The number of benzene rings is 1. The Morgan fingerprint density at radius 1 is 1.15 bits per heavy atom. The van der Waals surface area contributed by atoms with Gasteiger partial charge in [0, 0.05) is 17.8 Å². The Bertz CT molecular complexity index is 612. The maximum atomic E-state index is 10.7. The van der Waals surface area contributed by atoms with Crippen LogP contribution in [0.15, 0.2) is 24.3 Å². The number of nitrogens with zero attached hydrogens (tertiary/aromatic N) is 4. The number of nitro benzene ring substituents is 1. The van der Waals surface area contributed by atoms with E-state index in [0.717, 1.165) is 0 Å². The average Bonchev–Trinajstić information content (AvgIpc) is 2.47. The molecule has 2 rings (SSSR count). The molecule has 0 fully saturated rings. The number of nitrogens with one attached hydrogen (secondary N) is 1. The molecule has 0 saturated carbocycles. The molecule has 0 aliphatic carbocycles. The number of ether oxygens (including phenoxy) is 2. The standard InChI is InChI=1S/C11H11N5O4/c1-19-10-13-9(14-11(15-10)20-2)12-7-4-3-5-8(6-7)16(17)18/h3-6H,1-2H3,(H,12,13,14,15). The second kappa shape index (κ2) is 5.78. The van der Waals surface area contributed by atoms with Crippen molar-refractivity contribution in [1.29, 1.82) is 0 Å². The van der Waals surface area contributed by atoms with E-state index in [1.807, 2.05) is 0 Å². The summed E-state index contributed by atoms with van der Waals surface area (Å²) in [7, 11) is 2.82. The number of nitro groups is 1. The summed E-state index contributed by atoms with van der Waals surface area (Å²) in [6, 6.07) is 6.10. The number of non-ortho nitro benzene ring substituents is 1. The van der Waals surface area contributed by atoms with Gasteiger partial charge in [-0.25, -0.2) is 0 Å². The molecule has 2 aromatic rings. The van der Waals surface area contributed by atoms with Gasteiger partial charge in [-0.3, -0.25) is 10.1 Å². The van der Waals surface area contributed by atoms with Crippen LogP contribution in [0.5, 0.6) is 12.0 Å². The molecule has 0 aliphatic heterocycles. The van der Waals surface area contributed by atoms with Crippen molar-refractivity contribution in [3.05, 3.63) is 34.4 Å². The van der Waals surface area contributed by atoms with E-state index in [-0.39, 0.29) is 23.7 Å². The molecule has 0 bridgehead atoms. The molecule has 9 heteroatoms. The summed E-state index contributed by atoms with van der Waals surface area (Å²) in [4.78, 5) is 22.0. The summed E-state index contributed by atoms with van der Waals surface area (Å²) in [5.74, 6) is 0.161. The van der Waals surface area contributed by atoms with Gasteiger partial charge in [0.15, 0.2) is 0 Å². The molecule has 0 spiro atoms. The second-order valence-corrected chi connectivity index (χ2v) is 3.56. The summed E-state index contributed by atoms with van der Waals surface area (Å²) >= 11 is 0. The third-order valence-corrected chi connectivity index (χ3v) is 2.27. The van der Waals surface area contributed by atoms with Gasteiger partial charge in [0.1, 0.15) is 0 Å². The number of methoxy groups -OCH3 is 2. The number of aromatic nitrogens is 3. The second-order valence-electron chi connectivity index (χ2n) is 3.56. The average molecular weight is 277 g/mol. The lowest BCUT2D eigenvalue weighted by Crippen LogP contribution is -2.04. The minimum absolute atomic E-state index is 0.0389. The molecule has 0 unspecified atom stereocenters. The van der Waals surface area contributed by atoms with E-state index in [4.69, 9.17) is 9.47 Å². The van der Waals surface area contributed by atoms with E-state index in [1.165, 1.54) is 26.4 Å². The van der Waals surface area contributed by atoms with Gasteiger partial charge in [0.05, 0.1) is 19.1 Å². The summed E-state index contributed by atoms with van der Waals surface area (Å²) in [5.41, 5.74) is 0.428. The maximum Gasteiger partial charge on any atom is 0.324 e. The molecular formula is C11H11N5O4. The fraction of sp³-hybridized carbons (Fsp3) is 0.182. The van der Waals surface area contributed by atoms with Gasteiger partial charge < -0.3 is 14.8 Å². The highest BCUT2D eigenvalue weighted by Crippen LogP contribution is 2.21. The molecule has 1 heterocycles. The van der Waals surface area contributed by atoms with E-state index >= 15 is 0 Å². The topological polar surface area (TPSA) is 112 Å². The van der Waals surface area contributed by atoms with Gasteiger partial charge in [0.2, 0.25) is 5.95 Å². The first-order valence-corrected chi connectivity index (χ1v) is 5.48. The number of hydrogen-bond acceptors (Lipinski definition) is 8. The van der Waals surface area contributed by atoms with Crippen LogP contribution in [0.25, 0.3) is 0 Å². The van der Waals surface area contributed by atoms with Crippen LogP contribution in [-0.4, -0.2) is 34.1 Å². The highest BCUT2D eigenvalue weighted by atomic mass is 16.6. The Labute approximate surface area is 113 Å². The van der Waals surface area contributed by atoms with Crippen molar-refractivity contribution in [2.45, 2.75) is 0 Å². The van der Waals surface area contributed by atoms with Crippen molar-refractivity contribution < 1.29 is 14.4 Å². The zero-order valence-electron chi connectivity index (χ0n) is 10.7. The molecule has 0 radical (unpaired) electrons. The van der Waals surface area contributed by atoms with Crippen LogP contribution in [0.1, 0.15) is 0 Å². The monoisotopic (exact) mass is 277 g/mol. The number of rotatable bonds is 5. The molecule has 0 saturated heterocycles. The molecule has 9 nitrogen and oxygen atoms in total. The van der Waals surface area contributed by atoms with Crippen LogP contribution in [0, 0.1) is 10.1 Å². The van der Waals surface area contributed by atoms with Crippen molar-refractivity contribution >= 4 is 17.3 Å². The van der Waals surface area contributed by atoms with Crippen LogP contribution < -0.4 is 14.8 Å². The van der Waals surface area contributed by atoms with Crippen LogP contribution in [0.3, 0.4) is 0 Å². The quantitative estimate of drug-likeness (QED) is 0.646. The molecule has 1 N–H and O–H groups in total. The van der Waals surface area contributed by atoms with Crippen LogP contribution in [-0.2, 0) is 0 Å². The Morgan fingerprint density at radius 2 is 1.80 bits per heavy atom. The van der Waals surface area contributed by atoms with Crippen molar-refractivity contribution in [1.82, 2.24) is 15.0 Å². The summed E-state index contributed by atoms with van der Waals surface area (Å²) < 4.78 is 9.81. The summed E-state index contributed by atoms with van der Waals surface area (Å²) in [6.45, 7) is 0. The summed E-state index contributed by atoms with van der Waals surface area (Å²) in [5, 5.41) is 13.5. The zero-order chi connectivity index (χ0) is 14.5. The minimum Gasteiger partial charge on any atom is -0.467 e. The lowest BCUT2D eigenvalue weighted by Gasteiger charge is -2.07. The first kappa shape index (κ1) is 13.5. The van der Waals surface area contributed by atoms with Crippen molar-refractivity contribution in [3.63, 3.8) is 0 Å². The predicted octanol–water partition coefficient (Wildman–Crippen LogP) is 1.54. The molecule has 0 amide bonds. The SMILES string of the molecule is COc1nc(Nc2cccc([N+](=O)[O-])c2)nc(OC)n1. The summed E-state index contributed by atoms with van der Waals surface area (Å²) in [6.07, 6.45) is 0. The Balaban J connectivity index is 2.29. The Hall–Kier alpha value is -2.97. The van der Waals surface area contributed by atoms with E-state index in [1.54, 1.807) is 12.1 Å². The highest BCUT2D eigenvalue weighted by molar-refractivity contribution is 5.57. The van der Waals surface area contributed by atoms with Gasteiger partial charge in [-0.2, -0.15) is 9.97 Å². The molecular weight excluding hydrogens is 266 g/mol. The van der Waals surface area contributed by atoms with Gasteiger partial charge in [-0.1, -0.05) is 6.07 Å². The third-order valence-electron chi connectivity index (χ3n) is 2.27. The predicted molar refractivity (Wildman–Crippen MR) is 69.3 cm³/mol. The van der Waals surface area contributed by atoms with E-state index in [0.29, 0.717) is 5.69 Å². The molecule has 1 aromatic heterocycles. The van der Waals surface area contributed by atoms with Gasteiger partial charge >= 0.3 is 12.0 Å². The fourth-order valence-electron chi connectivity index (χ4n) is 1.40. The van der Waals surface area contributed by atoms with Crippen LogP contribution in [0.4, 0.5) is 17.3 Å². The van der Waals surface area contributed by atoms with Crippen molar-refractivity contribution in [3.8, 4) is 12.0 Å². The number of anilines is 2. The molecule has 20 heavy (non-hydrogen) atoms. The molecule has 104 valence electrons. The van der Waals surface area contributed by atoms with E-state index < -0.39 is 4.92 Å². The maximum absolute atomic E-state index is 10.7. The zero-order valence-corrected chi connectivity index (χ0v) is 10.7. The molecule has 0 aliphatic rings. The van der Waals surface area contributed by atoms with Gasteiger partial charge in [-0.15, -0.1) is 4.98 Å². The Kier molecular flexibility index (Phi) is 3.89. The van der Waals surface area contributed by atoms with Crippen molar-refractivity contribution in [2.75, 3.05) is 19.5 Å². The lowest BCUT2D eigenvalue weighted by atomic mass is 10.3. The molecule has 1 aromatic carbocycles. The number of hydrogen-bond donors (Lipinski definition) is 1. The third kappa shape index (κ3) is 3.07. The van der Waals surface area contributed by atoms with Gasteiger partial charge in [-0.05, 0) is 6.07 Å². The van der Waals surface area contributed by atoms with E-state index in [2.05, 4.69) is 20.3 Å². The minimum atomic E-state index is -0.486. The highest BCUT2D eigenvalue weighted by Gasteiger charge is 2.09. The largest absolute Gasteiger partial charge is 0.467 e. The first-order valence-electron chi connectivity index (χ1n) is 5.48. The molecule has 0 atom stereocenters. The Morgan fingerprint density at radius 3 is 2.35 bits per heavy atom. The van der Waals surface area contributed by atoms with Crippen molar-refractivity contribution in [2.24, 2.45) is 0 Å². The normalized spacial score (nSPS) is 9.90. The van der Waals surface area contributed by atoms with Gasteiger partial charge in [0.25, 0.3) is 5.69 Å². The van der Waals surface area contributed by atoms with E-state index in [9.17, 15) is 10.1 Å².